The van der Waals surface area contributed by atoms with Crippen LogP contribution in [0.5, 0.6) is 0 Å². The van der Waals surface area contributed by atoms with Gasteiger partial charge >= 0.3 is 0 Å². The summed E-state index contributed by atoms with van der Waals surface area (Å²) in [5.41, 5.74) is 6.12. The fraction of sp³-hybridized carbons (Fsp3) is 0.158. The van der Waals surface area contributed by atoms with E-state index in [1.54, 1.807) is 11.6 Å². The van der Waals surface area contributed by atoms with Gasteiger partial charge in [0.05, 0.1) is 11.1 Å². The first-order chi connectivity index (χ1) is 12.5. The van der Waals surface area contributed by atoms with E-state index in [0.29, 0.717) is 5.17 Å². The van der Waals surface area contributed by atoms with Gasteiger partial charge in [0.1, 0.15) is 0 Å². The molecule has 2 aliphatic heterocycles. The number of aliphatic imine (C=N–C) groups is 1. The number of carbonyl (C=O) groups excluding carboxylic acids is 1. The van der Waals surface area contributed by atoms with Crippen molar-refractivity contribution >= 4 is 40.3 Å². The van der Waals surface area contributed by atoms with Crippen molar-refractivity contribution in [3.8, 4) is 0 Å². The maximum Gasteiger partial charge on any atom is 0.283 e. The molecule has 0 bridgehead atoms. The van der Waals surface area contributed by atoms with Crippen LogP contribution in [-0.2, 0) is 11.3 Å². The van der Waals surface area contributed by atoms with E-state index in [1.807, 2.05) is 38.1 Å². The van der Waals surface area contributed by atoms with E-state index < -0.39 is 5.91 Å². The number of hydrogen-bond acceptors (Lipinski definition) is 4. The van der Waals surface area contributed by atoms with Gasteiger partial charge in [-0.05, 0) is 48.9 Å². The van der Waals surface area contributed by atoms with Gasteiger partial charge in [0, 0.05) is 17.9 Å². The van der Waals surface area contributed by atoms with Crippen LogP contribution in [0, 0.1) is 19.3 Å². The lowest BCUT2D eigenvalue weighted by molar-refractivity contribution is -0.114. The quantitative estimate of drug-likeness (QED) is 0.850. The van der Waals surface area contributed by atoms with Crippen LogP contribution in [0.2, 0.25) is 0 Å². The Kier molecular flexibility index (Phi) is 4.08. The zero-order valence-corrected chi connectivity index (χ0v) is 15.2. The van der Waals surface area contributed by atoms with Gasteiger partial charge in [-0.25, -0.2) is 0 Å². The highest BCUT2D eigenvalue weighted by Gasteiger charge is 2.32. The molecule has 1 aromatic heterocycles. The third-order valence-electron chi connectivity index (χ3n) is 4.49. The summed E-state index contributed by atoms with van der Waals surface area (Å²) in [6, 6.07) is 12.3. The first kappa shape index (κ1) is 16.5. The number of hydrogen-bond donors (Lipinski definition) is 1. The number of amidine groups is 2. The van der Waals surface area contributed by atoms with Crippen LogP contribution < -0.4 is 0 Å². The number of carbonyl (C=O) groups is 1. The van der Waals surface area contributed by atoms with Crippen LogP contribution in [-0.4, -0.2) is 32.0 Å². The number of benzene rings is 1. The topological polar surface area (TPSA) is 73.8 Å². The summed E-state index contributed by atoms with van der Waals surface area (Å²) in [5.74, 6) is -0.332. The number of nitrogens with one attached hydrogen (secondary N) is 1. The standard InChI is InChI=1S/C19H17N5OS/c1-12-8-15(13(2)23(12)10-14-6-4-3-5-7-14)9-16-17(20)24-19(22-18(16)25)26-11-21-24/h3-9,11,20H,10H2,1-2H3/b16-9+,20-17?. The van der Waals surface area contributed by atoms with E-state index >= 15 is 0 Å². The molecule has 7 heteroatoms. The van der Waals surface area contributed by atoms with Crippen molar-refractivity contribution in [1.29, 1.82) is 5.41 Å². The molecule has 0 unspecified atom stereocenters. The van der Waals surface area contributed by atoms with Crippen molar-refractivity contribution in [2.24, 2.45) is 10.1 Å². The molecule has 0 saturated heterocycles. The van der Waals surface area contributed by atoms with E-state index in [9.17, 15) is 4.79 Å². The van der Waals surface area contributed by atoms with E-state index in [0.717, 1.165) is 23.5 Å². The monoisotopic (exact) mass is 363 g/mol. The number of aromatic nitrogens is 1. The summed E-state index contributed by atoms with van der Waals surface area (Å²) >= 11 is 1.24. The smallest absolute Gasteiger partial charge is 0.283 e. The van der Waals surface area contributed by atoms with Crippen LogP contribution >= 0.6 is 11.8 Å². The Balaban J connectivity index is 1.70. The molecule has 1 amide bonds. The molecule has 0 aliphatic carbocycles. The molecule has 0 fully saturated rings. The zero-order chi connectivity index (χ0) is 18.3. The minimum Gasteiger partial charge on any atom is -0.344 e. The number of rotatable bonds is 3. The molecular weight excluding hydrogens is 346 g/mol. The summed E-state index contributed by atoms with van der Waals surface area (Å²) < 4.78 is 2.21. The molecule has 26 heavy (non-hydrogen) atoms. The molecule has 3 heterocycles. The third kappa shape index (κ3) is 2.80. The molecule has 1 N–H and O–H groups in total. The van der Waals surface area contributed by atoms with E-state index in [4.69, 9.17) is 5.41 Å². The lowest BCUT2D eigenvalue weighted by atomic mass is 10.1. The Morgan fingerprint density at radius 1 is 1.23 bits per heavy atom. The summed E-state index contributed by atoms with van der Waals surface area (Å²) in [7, 11) is 0. The third-order valence-corrected chi connectivity index (χ3v) is 5.17. The minimum atomic E-state index is -0.396. The zero-order valence-electron chi connectivity index (χ0n) is 14.4. The van der Waals surface area contributed by atoms with Crippen LogP contribution in [0.4, 0.5) is 0 Å². The molecule has 130 valence electrons. The average molecular weight is 363 g/mol. The van der Waals surface area contributed by atoms with Gasteiger partial charge in [-0.2, -0.15) is 15.1 Å². The SMILES string of the molecule is Cc1cc(/C=C2\C(=N)N3N=CSC3=NC2=O)c(C)n1Cc1ccccc1. The van der Waals surface area contributed by atoms with Crippen LogP contribution in [0.1, 0.15) is 22.5 Å². The molecule has 0 radical (unpaired) electrons. The van der Waals surface area contributed by atoms with Gasteiger partial charge in [-0.3, -0.25) is 10.2 Å². The van der Waals surface area contributed by atoms with Gasteiger partial charge in [0.25, 0.3) is 5.91 Å². The Hall–Kier alpha value is -2.93. The number of hydrazone groups is 1. The summed E-state index contributed by atoms with van der Waals surface area (Å²) in [5, 5.41) is 14.2. The fourth-order valence-corrected chi connectivity index (χ4v) is 3.69. The molecule has 2 aliphatic rings. The molecule has 2 aromatic rings. The Morgan fingerprint density at radius 2 is 2.00 bits per heavy atom. The fourth-order valence-electron chi connectivity index (χ4n) is 3.08. The highest BCUT2D eigenvalue weighted by atomic mass is 32.2. The van der Waals surface area contributed by atoms with Gasteiger partial charge in [0.2, 0.25) is 0 Å². The van der Waals surface area contributed by atoms with Gasteiger partial charge in [-0.1, -0.05) is 30.3 Å². The normalized spacial score (nSPS) is 17.8. The highest BCUT2D eigenvalue weighted by Crippen LogP contribution is 2.26. The second-order valence-electron chi connectivity index (χ2n) is 6.15. The predicted octanol–water partition coefficient (Wildman–Crippen LogP) is 3.40. The molecular formula is C19H17N5OS. The Morgan fingerprint density at radius 3 is 2.77 bits per heavy atom. The minimum absolute atomic E-state index is 0.0640. The van der Waals surface area contributed by atoms with Gasteiger partial charge < -0.3 is 4.57 Å². The van der Waals surface area contributed by atoms with Crippen molar-refractivity contribution < 1.29 is 4.79 Å². The summed E-state index contributed by atoms with van der Waals surface area (Å²) in [6.45, 7) is 4.84. The van der Waals surface area contributed by atoms with Crippen molar-refractivity contribution in [3.05, 3.63) is 64.5 Å². The van der Waals surface area contributed by atoms with Crippen LogP contribution in [0.3, 0.4) is 0 Å². The van der Waals surface area contributed by atoms with Crippen LogP contribution in [0.25, 0.3) is 6.08 Å². The number of aryl methyl sites for hydroxylation is 1. The van der Waals surface area contributed by atoms with Gasteiger partial charge in [0.15, 0.2) is 11.0 Å². The van der Waals surface area contributed by atoms with Crippen molar-refractivity contribution in [2.45, 2.75) is 20.4 Å². The lowest BCUT2D eigenvalue weighted by Gasteiger charge is -2.20. The van der Waals surface area contributed by atoms with E-state index in [1.165, 1.54) is 22.3 Å². The van der Waals surface area contributed by atoms with Crippen LogP contribution in [0.15, 0.2) is 52.1 Å². The van der Waals surface area contributed by atoms with Gasteiger partial charge in [-0.15, -0.1) is 0 Å². The maximum atomic E-state index is 12.3. The number of nitrogens with zero attached hydrogens (tertiary/aromatic N) is 4. The molecule has 0 spiro atoms. The van der Waals surface area contributed by atoms with E-state index in [-0.39, 0.29) is 11.4 Å². The van der Waals surface area contributed by atoms with Crippen molar-refractivity contribution in [2.75, 3.05) is 0 Å². The highest BCUT2D eigenvalue weighted by molar-refractivity contribution is 8.25. The molecule has 0 atom stereocenters. The number of thioether (sulfide) groups is 1. The molecule has 4 rings (SSSR count). The van der Waals surface area contributed by atoms with E-state index in [2.05, 4.69) is 26.8 Å². The largest absolute Gasteiger partial charge is 0.344 e. The average Bonchev–Trinajstić information content (AvgIpc) is 3.19. The Labute approximate surface area is 155 Å². The molecule has 0 saturated carbocycles. The number of fused-ring (bicyclic) bond motifs is 1. The molecule has 6 nitrogen and oxygen atoms in total. The second kappa shape index (κ2) is 6.42. The first-order valence-corrected chi connectivity index (χ1v) is 9.06. The maximum absolute atomic E-state index is 12.3. The van der Waals surface area contributed by atoms with Crippen molar-refractivity contribution in [1.82, 2.24) is 9.58 Å². The predicted molar refractivity (Wildman–Crippen MR) is 106 cm³/mol. The number of amides is 1. The summed E-state index contributed by atoms with van der Waals surface area (Å²) in [6.07, 6.45) is 1.74. The lowest BCUT2D eigenvalue weighted by Crippen LogP contribution is -2.35. The molecule has 1 aromatic carbocycles. The van der Waals surface area contributed by atoms with Crippen molar-refractivity contribution in [3.63, 3.8) is 0 Å². The summed E-state index contributed by atoms with van der Waals surface area (Å²) in [4.78, 5) is 16.4. The first-order valence-electron chi connectivity index (χ1n) is 8.18. The Bertz CT molecular complexity index is 1000. The second-order valence-corrected chi connectivity index (χ2v) is 6.97.